The Kier molecular flexibility index (Phi) is 11.5. The average molecular weight is 840 g/mol. The number of carbonyl (C=O) groups excluding carboxylic acids is 3. The van der Waals surface area contributed by atoms with Gasteiger partial charge in [-0.15, -0.1) is 12.4 Å². The number of pyridine rings is 1. The summed E-state index contributed by atoms with van der Waals surface area (Å²) in [6, 6.07) is 1.62. The van der Waals surface area contributed by atoms with Gasteiger partial charge in [0.1, 0.15) is 16.9 Å². The number of aromatic nitrogens is 1. The molecule has 0 bridgehead atoms. The fraction of sp³-hybridized carbons (Fsp3) is 0.614. The second-order valence-corrected chi connectivity index (χ2v) is 18.1. The van der Waals surface area contributed by atoms with E-state index in [0.717, 1.165) is 57.2 Å². The van der Waals surface area contributed by atoms with Crippen LogP contribution in [-0.4, -0.2) is 94.5 Å². The van der Waals surface area contributed by atoms with Gasteiger partial charge >= 0.3 is 11.9 Å². The monoisotopic (exact) mass is 839 g/mol. The predicted octanol–water partition coefficient (Wildman–Crippen LogP) is 4.92. The minimum atomic E-state index is -1.60. The molecule has 2 saturated heterocycles. The number of aliphatic hydroxyl groups is 2. The maximum absolute atomic E-state index is 15.3. The van der Waals surface area contributed by atoms with E-state index in [9.17, 15) is 39.3 Å². The molecule has 320 valence electrons. The van der Waals surface area contributed by atoms with Gasteiger partial charge in [0.15, 0.2) is 24.0 Å². The fourth-order valence-electron chi connectivity index (χ4n) is 12.0. The molecular formula is C44H55ClFN3O10. The summed E-state index contributed by atoms with van der Waals surface area (Å²) in [7, 11) is 1.48. The normalized spacial score (nSPS) is 34.3. The number of methoxy groups -OCH3 is 1. The van der Waals surface area contributed by atoms with Gasteiger partial charge in [-0.3, -0.25) is 19.2 Å². The number of halogens is 2. The zero-order valence-corrected chi connectivity index (χ0v) is 34.8. The van der Waals surface area contributed by atoms with Gasteiger partial charge in [-0.2, -0.15) is 0 Å². The van der Waals surface area contributed by atoms with E-state index in [1.165, 1.54) is 26.3 Å². The smallest absolute Gasteiger partial charge is 0.341 e. The molecule has 3 heterocycles. The number of Topliss-reactive ketones (excluding diaryl/α,β-unsaturated/α-hetero) is 1. The van der Waals surface area contributed by atoms with Crippen molar-refractivity contribution < 1.29 is 48.4 Å². The Balaban J connectivity index is 0.000000176. The molecule has 1 aromatic heterocycles. The van der Waals surface area contributed by atoms with Gasteiger partial charge in [-0.25, -0.2) is 9.18 Å². The van der Waals surface area contributed by atoms with Gasteiger partial charge in [0, 0.05) is 55.0 Å². The number of carbonyl (C=O) groups is 4. The number of hydrogen-bond acceptors (Lipinski definition) is 11. The molecule has 4 saturated carbocycles. The molecular weight excluding hydrogens is 785 g/mol. The Bertz CT molecular complexity index is 2190. The number of fused-ring (bicyclic) bond motifs is 7. The molecule has 2 aliphatic heterocycles. The largest absolute Gasteiger partial charge is 0.492 e. The van der Waals surface area contributed by atoms with E-state index in [-0.39, 0.29) is 58.4 Å². The zero-order valence-electron chi connectivity index (χ0n) is 34.0. The molecule has 2 aromatic rings. The molecule has 5 aliphatic carbocycles. The Hall–Kier alpha value is -4.11. The highest BCUT2D eigenvalue weighted by atomic mass is 35.5. The van der Waals surface area contributed by atoms with Crippen molar-refractivity contribution in [1.29, 1.82) is 0 Å². The van der Waals surface area contributed by atoms with Gasteiger partial charge in [0.05, 0.1) is 24.1 Å². The fourth-order valence-corrected chi connectivity index (χ4v) is 12.0. The van der Waals surface area contributed by atoms with Crippen molar-refractivity contribution in [3.63, 3.8) is 0 Å². The molecule has 7 aliphatic rings. The number of hydrogen-bond donors (Lipinski definition) is 4. The summed E-state index contributed by atoms with van der Waals surface area (Å²) in [5, 5.41) is 35.7. The number of nitrogens with one attached hydrogen (secondary N) is 1. The van der Waals surface area contributed by atoms with Crippen LogP contribution in [0.1, 0.15) is 95.0 Å². The van der Waals surface area contributed by atoms with Crippen LogP contribution in [0.15, 0.2) is 40.9 Å². The minimum absolute atomic E-state index is 0. The van der Waals surface area contributed by atoms with Crippen LogP contribution in [0.3, 0.4) is 0 Å². The van der Waals surface area contributed by atoms with E-state index < -0.39 is 52.7 Å². The molecule has 1 aromatic carbocycles. The maximum atomic E-state index is 15.3. The first-order chi connectivity index (χ1) is 27.5. The molecule has 4 N–H and O–H groups in total. The summed E-state index contributed by atoms with van der Waals surface area (Å²) in [6.45, 7) is 7.20. The lowest BCUT2D eigenvalue weighted by Crippen LogP contribution is -2.61. The zero-order chi connectivity index (χ0) is 41.5. The highest BCUT2D eigenvalue weighted by molar-refractivity contribution is 6.01. The second-order valence-electron chi connectivity index (χ2n) is 18.1. The predicted molar refractivity (Wildman–Crippen MR) is 219 cm³/mol. The summed E-state index contributed by atoms with van der Waals surface area (Å²) in [5.74, 6) is -1.90. The lowest BCUT2D eigenvalue weighted by Gasteiger charge is -2.59. The summed E-state index contributed by atoms with van der Waals surface area (Å²) in [4.78, 5) is 62.2. The standard InChI is InChI=1S/C23H30O6.C21H24FN3O4.ClH/c1-13(24)29-12-19(27)23(28)9-7-17-16-5-4-14-10-15(25)6-8-21(14,2)20(16)18(26)11-22(17,23)3;1-29-20-17-13(19(26)14(21(27)28)9-25(17)12-4-5-12)7-15(22)18(20)24-8-11-3-2-6-23-16(11)10-24;/h6,8,10,16-18,20,26,28H,4-5,7,9,11-12H2,1-3H3;7,9,11-12,16,23H,2-6,8,10H2,1H3,(H,27,28);1H/t16-,17-,18-,20+,21-,22-,23-;11-,16+;/m00./s1. The van der Waals surface area contributed by atoms with Gasteiger partial charge in [-0.1, -0.05) is 25.5 Å². The van der Waals surface area contributed by atoms with Crippen LogP contribution in [0.4, 0.5) is 10.1 Å². The number of piperidine rings is 1. The molecule has 0 unspecified atom stereocenters. The van der Waals surface area contributed by atoms with Crippen LogP contribution in [0.5, 0.6) is 5.75 Å². The van der Waals surface area contributed by atoms with Crippen molar-refractivity contribution in [2.24, 2.45) is 34.5 Å². The van der Waals surface area contributed by atoms with Crippen molar-refractivity contribution in [1.82, 2.24) is 9.88 Å². The number of aliphatic hydroxyl groups excluding tert-OH is 1. The van der Waals surface area contributed by atoms with E-state index in [2.05, 4.69) is 12.2 Å². The van der Waals surface area contributed by atoms with Crippen molar-refractivity contribution in [3.8, 4) is 5.75 Å². The number of anilines is 1. The first-order valence-corrected chi connectivity index (χ1v) is 20.7. The van der Waals surface area contributed by atoms with Crippen molar-refractivity contribution in [2.75, 3.05) is 38.3 Å². The molecule has 0 spiro atoms. The number of carboxylic acid groups (broad SMARTS) is 1. The highest BCUT2D eigenvalue weighted by Gasteiger charge is 2.68. The third kappa shape index (κ3) is 7.01. The van der Waals surface area contributed by atoms with Gasteiger partial charge in [0.25, 0.3) is 0 Å². The molecule has 9 rings (SSSR count). The Labute approximate surface area is 348 Å². The van der Waals surface area contributed by atoms with E-state index in [1.54, 1.807) is 16.7 Å². The van der Waals surface area contributed by atoms with E-state index in [4.69, 9.17) is 9.47 Å². The summed E-state index contributed by atoms with van der Waals surface area (Å²) < 4.78 is 27.7. The number of ether oxygens (including phenoxy) is 2. The van der Waals surface area contributed by atoms with Crippen LogP contribution in [0.2, 0.25) is 0 Å². The summed E-state index contributed by atoms with van der Waals surface area (Å²) in [6.07, 6.45) is 12.9. The highest BCUT2D eigenvalue weighted by Crippen LogP contribution is 2.67. The Morgan fingerprint density at radius 3 is 2.49 bits per heavy atom. The number of rotatable bonds is 7. The second kappa shape index (κ2) is 15.7. The number of allylic oxidation sites excluding steroid dienone is 4. The van der Waals surface area contributed by atoms with Crippen LogP contribution >= 0.6 is 12.4 Å². The number of aromatic carboxylic acids is 1. The van der Waals surface area contributed by atoms with Crippen LogP contribution in [0, 0.1) is 40.3 Å². The van der Waals surface area contributed by atoms with E-state index in [0.29, 0.717) is 54.7 Å². The Morgan fingerprint density at radius 1 is 1.08 bits per heavy atom. The van der Waals surface area contributed by atoms with Crippen LogP contribution in [-0.2, 0) is 19.1 Å². The lowest BCUT2D eigenvalue weighted by atomic mass is 9.46. The SMILES string of the molecule is CC(=O)OCC(=O)[C@@]1(O)CC[C@H]2[C@@H]3CCC4=CC(=O)C=C[C@]4(C)[C@H]3[C@@H](O)C[C@@]21C.COc1c(N2C[C@@H]3CCCN[C@@H]3C2)c(F)cc2c(=O)c(C(=O)O)cn(C3CC3)c12.Cl. The molecule has 59 heavy (non-hydrogen) atoms. The van der Waals surface area contributed by atoms with Crippen LogP contribution < -0.4 is 20.4 Å². The number of ketones is 2. The number of esters is 1. The van der Waals surface area contributed by atoms with Gasteiger partial charge < -0.3 is 39.6 Å². The lowest BCUT2D eigenvalue weighted by molar-refractivity contribution is -0.181. The van der Waals surface area contributed by atoms with Crippen molar-refractivity contribution in [2.45, 2.75) is 102 Å². The molecule has 9 atom stereocenters. The van der Waals surface area contributed by atoms with Gasteiger partial charge in [0.2, 0.25) is 11.2 Å². The summed E-state index contributed by atoms with van der Waals surface area (Å²) in [5.41, 5.74) is -1.82. The minimum Gasteiger partial charge on any atom is -0.492 e. The van der Waals surface area contributed by atoms with E-state index in [1.807, 2.05) is 17.9 Å². The number of carboxylic acids is 1. The van der Waals surface area contributed by atoms with Gasteiger partial charge in [-0.05, 0) is 100 Å². The van der Waals surface area contributed by atoms with Crippen LogP contribution in [0.25, 0.3) is 10.9 Å². The molecule has 0 amide bonds. The van der Waals surface area contributed by atoms with Crippen molar-refractivity contribution in [3.05, 3.63) is 57.7 Å². The summed E-state index contributed by atoms with van der Waals surface area (Å²) >= 11 is 0. The third-order valence-corrected chi connectivity index (χ3v) is 15.0. The van der Waals surface area contributed by atoms with Crippen molar-refractivity contribution >= 4 is 52.5 Å². The van der Waals surface area contributed by atoms with E-state index >= 15 is 4.39 Å². The topological polar surface area (TPSA) is 185 Å². The molecule has 0 radical (unpaired) electrons. The molecule has 6 fully saturated rings. The average Bonchev–Trinajstić information content (AvgIpc) is 3.87. The quantitative estimate of drug-likeness (QED) is 0.277. The third-order valence-electron chi connectivity index (χ3n) is 15.0. The molecule has 15 heteroatoms. The number of nitrogens with zero attached hydrogens (tertiary/aromatic N) is 2. The first-order valence-electron chi connectivity index (χ1n) is 20.7. The Morgan fingerprint density at radius 2 is 1.83 bits per heavy atom. The first kappa shape index (κ1) is 43.0. The number of benzene rings is 1. The maximum Gasteiger partial charge on any atom is 0.341 e. The molecule has 13 nitrogen and oxygen atoms in total.